The third-order valence-electron chi connectivity index (χ3n) is 3.42. The Kier molecular flexibility index (Phi) is 8.78. The van der Waals surface area contributed by atoms with Crippen LogP contribution in [0.25, 0.3) is 0 Å². The molecule has 0 bridgehead atoms. The molecule has 0 saturated heterocycles. The molecule has 0 heterocycles. The van der Waals surface area contributed by atoms with Crippen molar-refractivity contribution in [3.63, 3.8) is 0 Å². The lowest BCUT2D eigenvalue weighted by Crippen LogP contribution is -2.40. The lowest BCUT2D eigenvalue weighted by Gasteiger charge is -2.12. The van der Waals surface area contributed by atoms with Crippen molar-refractivity contribution >= 4 is 23.6 Å². The van der Waals surface area contributed by atoms with Gasteiger partial charge in [0.15, 0.2) is 0 Å². The van der Waals surface area contributed by atoms with Crippen molar-refractivity contribution in [2.75, 3.05) is 18.9 Å². The molecule has 25 heavy (non-hydrogen) atoms. The van der Waals surface area contributed by atoms with Gasteiger partial charge in [-0.1, -0.05) is 44.9 Å². The Balaban J connectivity index is 2.72. The van der Waals surface area contributed by atoms with E-state index >= 15 is 0 Å². The molecule has 0 radical (unpaired) electrons. The van der Waals surface area contributed by atoms with Gasteiger partial charge in [-0.3, -0.25) is 10.1 Å². The minimum atomic E-state index is -0.755. The number of urea groups is 1. The summed E-state index contributed by atoms with van der Waals surface area (Å²) in [6.07, 6.45) is 5.45. The number of rotatable bonds is 9. The molecule has 4 N–H and O–H groups in total. The predicted molar refractivity (Wildman–Crippen MR) is 96.3 cm³/mol. The fourth-order valence-corrected chi connectivity index (χ4v) is 2.17. The molecule has 0 saturated carbocycles. The molecule has 0 unspecified atom stereocenters. The molecule has 7 heteroatoms. The Labute approximate surface area is 147 Å². The van der Waals surface area contributed by atoms with E-state index in [1.165, 1.54) is 24.3 Å². The van der Waals surface area contributed by atoms with Gasteiger partial charge in [0.1, 0.15) is 6.61 Å². The molecule has 3 amide bonds. The lowest BCUT2D eigenvalue weighted by atomic mass is 10.0. The zero-order valence-corrected chi connectivity index (χ0v) is 14.5. The number of ether oxygens (including phenoxy) is 1. The number of esters is 1. The fourth-order valence-electron chi connectivity index (χ4n) is 2.17. The summed E-state index contributed by atoms with van der Waals surface area (Å²) < 4.78 is 4.94. The molecule has 7 nitrogen and oxygen atoms in total. The van der Waals surface area contributed by atoms with Crippen LogP contribution >= 0.6 is 0 Å². The third kappa shape index (κ3) is 6.66. The van der Waals surface area contributed by atoms with Gasteiger partial charge in [0, 0.05) is 12.2 Å². The number of anilines is 1. The van der Waals surface area contributed by atoms with E-state index < -0.39 is 17.9 Å². The molecule has 1 aromatic carbocycles. The maximum atomic E-state index is 12.3. The molecule has 0 atom stereocenters. The van der Waals surface area contributed by atoms with Gasteiger partial charge in [-0.15, -0.1) is 0 Å². The van der Waals surface area contributed by atoms with Gasteiger partial charge in [0.25, 0.3) is 5.91 Å². The van der Waals surface area contributed by atoms with Crippen LogP contribution in [0.5, 0.6) is 0 Å². The summed E-state index contributed by atoms with van der Waals surface area (Å²) in [5.41, 5.74) is 5.79. The molecule has 0 aromatic heterocycles. The van der Waals surface area contributed by atoms with E-state index in [1.54, 1.807) is 0 Å². The van der Waals surface area contributed by atoms with E-state index in [0.717, 1.165) is 25.7 Å². The largest absolute Gasteiger partial charge is 0.458 e. The van der Waals surface area contributed by atoms with Crippen LogP contribution in [0.3, 0.4) is 0 Å². The van der Waals surface area contributed by atoms with Crippen molar-refractivity contribution in [1.29, 1.82) is 0 Å². The number of unbranched alkanes of at least 4 members (excludes halogenated alkanes) is 3. The zero-order chi connectivity index (χ0) is 18.7. The summed E-state index contributed by atoms with van der Waals surface area (Å²) in [6, 6.07) is 3.79. The molecule has 0 aliphatic carbocycles. The normalized spacial score (nSPS) is 9.96. The number of nitrogens with two attached hydrogens (primary N) is 1. The van der Waals surface area contributed by atoms with Crippen molar-refractivity contribution in [3.8, 4) is 0 Å². The summed E-state index contributed by atoms with van der Waals surface area (Å²) in [6.45, 7) is 6.03. The van der Waals surface area contributed by atoms with Gasteiger partial charge in [-0.05, 0) is 18.6 Å². The van der Waals surface area contributed by atoms with Crippen molar-refractivity contribution in [3.05, 3.63) is 42.0 Å². The molecule has 0 spiro atoms. The van der Waals surface area contributed by atoms with Crippen LogP contribution in [-0.4, -0.2) is 31.1 Å². The van der Waals surface area contributed by atoms with E-state index in [4.69, 9.17) is 10.5 Å². The SMILES string of the molecule is C=CCOC(=O)c1cccc(N)c1C(=O)NC(=O)NCCCCCC. The number of benzene rings is 1. The Hall–Kier alpha value is -2.83. The van der Waals surface area contributed by atoms with Crippen LogP contribution in [0.4, 0.5) is 10.5 Å². The van der Waals surface area contributed by atoms with E-state index in [9.17, 15) is 14.4 Å². The van der Waals surface area contributed by atoms with Crippen molar-refractivity contribution in [1.82, 2.24) is 10.6 Å². The molecule has 1 aromatic rings. The minimum Gasteiger partial charge on any atom is -0.458 e. The lowest BCUT2D eigenvalue weighted by molar-refractivity contribution is 0.0546. The number of hydrogen-bond acceptors (Lipinski definition) is 5. The predicted octanol–water partition coefficient (Wildman–Crippen LogP) is 2.63. The number of hydrogen-bond donors (Lipinski definition) is 3. The van der Waals surface area contributed by atoms with Crippen LogP contribution in [0, 0.1) is 0 Å². The fraction of sp³-hybridized carbons (Fsp3) is 0.389. The second-order valence-corrected chi connectivity index (χ2v) is 5.43. The van der Waals surface area contributed by atoms with E-state index in [-0.39, 0.29) is 23.4 Å². The number of carbonyl (C=O) groups is 3. The van der Waals surface area contributed by atoms with Crippen LogP contribution in [0.1, 0.15) is 53.3 Å². The molecule has 1 rings (SSSR count). The number of nitrogens with one attached hydrogen (secondary N) is 2. The quantitative estimate of drug-likeness (QED) is 0.275. The van der Waals surface area contributed by atoms with Crippen molar-refractivity contribution in [2.45, 2.75) is 32.6 Å². The number of amides is 3. The van der Waals surface area contributed by atoms with Crippen LogP contribution < -0.4 is 16.4 Å². The van der Waals surface area contributed by atoms with Crippen LogP contribution in [-0.2, 0) is 4.74 Å². The van der Waals surface area contributed by atoms with Gasteiger partial charge in [0.05, 0.1) is 11.1 Å². The highest BCUT2D eigenvalue weighted by molar-refractivity contribution is 6.13. The Morgan fingerprint density at radius 2 is 2.00 bits per heavy atom. The first kappa shape index (κ1) is 20.2. The molecule has 0 fully saturated rings. The van der Waals surface area contributed by atoms with Crippen molar-refractivity contribution < 1.29 is 19.1 Å². The highest BCUT2D eigenvalue weighted by atomic mass is 16.5. The second-order valence-electron chi connectivity index (χ2n) is 5.43. The van der Waals surface area contributed by atoms with E-state index in [1.807, 2.05) is 0 Å². The summed E-state index contributed by atoms with van der Waals surface area (Å²) in [7, 11) is 0. The summed E-state index contributed by atoms with van der Waals surface area (Å²) >= 11 is 0. The van der Waals surface area contributed by atoms with Gasteiger partial charge in [0.2, 0.25) is 0 Å². The summed E-state index contributed by atoms with van der Waals surface area (Å²) in [4.78, 5) is 36.2. The monoisotopic (exact) mass is 347 g/mol. The van der Waals surface area contributed by atoms with Gasteiger partial charge in [-0.25, -0.2) is 9.59 Å². The third-order valence-corrected chi connectivity index (χ3v) is 3.42. The molecule has 0 aliphatic heterocycles. The minimum absolute atomic E-state index is 0.00454. The number of imide groups is 1. The highest BCUT2D eigenvalue weighted by Crippen LogP contribution is 2.18. The summed E-state index contributed by atoms with van der Waals surface area (Å²) in [5, 5.41) is 4.79. The van der Waals surface area contributed by atoms with Crippen LogP contribution in [0.2, 0.25) is 0 Å². The maximum Gasteiger partial charge on any atom is 0.339 e. The van der Waals surface area contributed by atoms with Crippen molar-refractivity contribution in [2.24, 2.45) is 0 Å². The second kappa shape index (κ2) is 10.9. The summed E-state index contributed by atoms with van der Waals surface area (Å²) in [5.74, 6) is -1.47. The topological polar surface area (TPSA) is 111 Å². The average molecular weight is 347 g/mol. The molecular formula is C18H25N3O4. The first-order valence-electron chi connectivity index (χ1n) is 8.27. The molecular weight excluding hydrogens is 322 g/mol. The van der Waals surface area contributed by atoms with E-state index in [2.05, 4.69) is 24.1 Å². The van der Waals surface area contributed by atoms with Gasteiger partial charge >= 0.3 is 12.0 Å². The Morgan fingerprint density at radius 1 is 1.24 bits per heavy atom. The maximum absolute atomic E-state index is 12.3. The smallest absolute Gasteiger partial charge is 0.339 e. The van der Waals surface area contributed by atoms with E-state index in [0.29, 0.717) is 6.54 Å². The van der Waals surface area contributed by atoms with Gasteiger partial charge in [-0.2, -0.15) is 0 Å². The average Bonchev–Trinajstić information content (AvgIpc) is 2.59. The van der Waals surface area contributed by atoms with Gasteiger partial charge < -0.3 is 15.8 Å². The number of carbonyl (C=O) groups excluding carboxylic acids is 3. The first-order chi connectivity index (χ1) is 12.0. The number of nitrogen functional groups attached to an aromatic ring is 1. The standard InChI is InChI=1S/C18H25N3O4/c1-3-5-6-7-11-20-18(24)21-16(22)15-13(9-8-10-14(15)19)17(23)25-12-4-2/h4,8-10H,2-3,5-7,11-12,19H2,1H3,(H2,20,21,22,24). The Bertz CT molecular complexity index is 629. The zero-order valence-electron chi connectivity index (χ0n) is 14.5. The molecule has 0 aliphatic rings. The first-order valence-corrected chi connectivity index (χ1v) is 8.27. The highest BCUT2D eigenvalue weighted by Gasteiger charge is 2.22. The molecule has 136 valence electrons. The Morgan fingerprint density at radius 3 is 2.68 bits per heavy atom. The van der Waals surface area contributed by atoms with Crippen LogP contribution in [0.15, 0.2) is 30.9 Å².